The summed E-state index contributed by atoms with van der Waals surface area (Å²) >= 11 is 0. The van der Waals surface area contributed by atoms with Gasteiger partial charge in [-0.25, -0.2) is 0 Å². The molecule has 0 heterocycles. The summed E-state index contributed by atoms with van der Waals surface area (Å²) in [7, 11) is -0.916. The molecule has 0 aromatic carbocycles. The van der Waals surface area contributed by atoms with Gasteiger partial charge in [0.1, 0.15) is 0 Å². The summed E-state index contributed by atoms with van der Waals surface area (Å²) < 4.78 is 55.1. The van der Waals surface area contributed by atoms with Crippen molar-refractivity contribution in [3.8, 4) is 0 Å². The van der Waals surface area contributed by atoms with E-state index in [1.54, 1.807) is 7.11 Å². The molecule has 0 atom stereocenters. The molecule has 0 aliphatic heterocycles. The summed E-state index contributed by atoms with van der Waals surface area (Å²) in [6.45, 7) is 14.9. The lowest BCUT2D eigenvalue weighted by Crippen LogP contribution is -2.46. The Bertz CT molecular complexity index is 362. The molecule has 200 valence electrons. The Balaban J connectivity index is 3.35. The van der Waals surface area contributed by atoms with E-state index in [2.05, 4.69) is 0 Å². The highest BCUT2D eigenvalue weighted by molar-refractivity contribution is 6.60. The zero-order chi connectivity index (χ0) is 24.3. The molecule has 0 bridgehead atoms. The molecule has 0 saturated heterocycles. The van der Waals surface area contributed by atoms with Gasteiger partial charge in [-0.3, -0.25) is 0 Å². The Labute approximate surface area is 201 Å². The van der Waals surface area contributed by atoms with Crippen molar-refractivity contribution in [3.63, 3.8) is 0 Å². The van der Waals surface area contributed by atoms with Crippen molar-refractivity contribution in [2.24, 2.45) is 0 Å². The molecule has 0 rings (SSSR count). The molecule has 0 aliphatic carbocycles. The average molecular weight is 501 g/mol. The highest BCUT2D eigenvalue weighted by atomic mass is 28.4. The van der Waals surface area contributed by atoms with Crippen molar-refractivity contribution < 1.29 is 46.4 Å². The first-order valence-electron chi connectivity index (χ1n) is 12.1. The van der Waals surface area contributed by atoms with Crippen LogP contribution in [0.2, 0.25) is 6.04 Å². The Morgan fingerprint density at radius 3 is 1.03 bits per heavy atom. The third kappa shape index (κ3) is 22.0. The van der Waals surface area contributed by atoms with Gasteiger partial charge in [-0.15, -0.1) is 0 Å². The predicted molar refractivity (Wildman–Crippen MR) is 127 cm³/mol. The standard InChI is InChI=1S/C22H48O10Si/c1-5-30-33(31-6-2,32-7-3)22-8-9-24-12-13-26-16-17-28-20-21-29-19-18-27-15-14-25-11-10-23-4/h5-22H2,1-4H3. The monoisotopic (exact) mass is 500 g/mol. The van der Waals surface area contributed by atoms with Crippen LogP contribution in [0.15, 0.2) is 0 Å². The SMILES string of the molecule is CCO[Si](CCCOCCOCCOCCOCCOCCOCCOC)(OCC)OCC. The lowest BCUT2D eigenvalue weighted by Gasteiger charge is -2.28. The quantitative estimate of drug-likeness (QED) is 0.118. The van der Waals surface area contributed by atoms with Crippen LogP contribution in [0.4, 0.5) is 0 Å². The molecule has 0 saturated carbocycles. The second-order valence-corrected chi connectivity index (χ2v) is 9.48. The summed E-state index contributed by atoms with van der Waals surface area (Å²) in [6, 6.07) is 0.759. The zero-order valence-electron chi connectivity index (χ0n) is 21.3. The first kappa shape index (κ1) is 32.8. The van der Waals surface area contributed by atoms with Crippen LogP contribution in [0.1, 0.15) is 27.2 Å². The number of hydrogen-bond donors (Lipinski definition) is 0. The molecule has 0 aromatic rings. The van der Waals surface area contributed by atoms with E-state index in [1.807, 2.05) is 20.8 Å². The number of methoxy groups -OCH3 is 1. The fourth-order valence-electron chi connectivity index (χ4n) is 2.74. The minimum Gasteiger partial charge on any atom is -0.382 e. The number of ether oxygens (including phenoxy) is 7. The maximum Gasteiger partial charge on any atom is 0.501 e. The molecular formula is C22H48O10Si. The summed E-state index contributed by atoms with van der Waals surface area (Å²) in [5.41, 5.74) is 0. The fourth-order valence-corrected chi connectivity index (χ4v) is 5.32. The molecule has 11 heteroatoms. The van der Waals surface area contributed by atoms with Gasteiger partial charge < -0.3 is 46.4 Å². The minimum absolute atomic E-state index is 0.532. The molecule has 33 heavy (non-hydrogen) atoms. The molecular weight excluding hydrogens is 452 g/mol. The largest absolute Gasteiger partial charge is 0.501 e. The highest BCUT2D eigenvalue weighted by Gasteiger charge is 2.39. The Morgan fingerprint density at radius 2 is 0.727 bits per heavy atom. The van der Waals surface area contributed by atoms with Crippen LogP contribution in [0.3, 0.4) is 0 Å². The first-order valence-corrected chi connectivity index (χ1v) is 14.0. The van der Waals surface area contributed by atoms with Crippen LogP contribution in [-0.2, 0) is 46.4 Å². The van der Waals surface area contributed by atoms with E-state index in [0.29, 0.717) is 106 Å². The van der Waals surface area contributed by atoms with E-state index in [4.69, 9.17) is 46.4 Å². The normalized spacial score (nSPS) is 12.0. The van der Waals surface area contributed by atoms with E-state index < -0.39 is 8.80 Å². The number of rotatable bonds is 28. The molecule has 0 radical (unpaired) electrons. The summed E-state index contributed by atoms with van der Waals surface area (Å²) in [5.74, 6) is 0. The van der Waals surface area contributed by atoms with Gasteiger partial charge in [0.05, 0.1) is 79.3 Å². The second-order valence-electron chi connectivity index (χ2n) is 6.75. The van der Waals surface area contributed by atoms with E-state index in [9.17, 15) is 0 Å². The van der Waals surface area contributed by atoms with Crippen molar-refractivity contribution >= 4 is 8.80 Å². The Morgan fingerprint density at radius 1 is 0.424 bits per heavy atom. The van der Waals surface area contributed by atoms with Crippen molar-refractivity contribution in [3.05, 3.63) is 0 Å². The van der Waals surface area contributed by atoms with Gasteiger partial charge in [0.25, 0.3) is 0 Å². The third-order valence-corrected chi connectivity index (χ3v) is 7.31. The predicted octanol–water partition coefficient (Wildman–Crippen LogP) is 2.17. The lowest BCUT2D eigenvalue weighted by atomic mass is 10.5. The fraction of sp³-hybridized carbons (Fsp3) is 1.00. The Kier molecular flexibility index (Phi) is 26.3. The van der Waals surface area contributed by atoms with Gasteiger partial charge in [-0.1, -0.05) is 0 Å². The summed E-state index contributed by atoms with van der Waals surface area (Å²) in [5, 5.41) is 0. The molecule has 0 unspecified atom stereocenters. The van der Waals surface area contributed by atoms with Gasteiger partial charge in [0.2, 0.25) is 0 Å². The van der Waals surface area contributed by atoms with Crippen molar-refractivity contribution in [2.45, 2.75) is 33.2 Å². The molecule has 0 N–H and O–H groups in total. The van der Waals surface area contributed by atoms with Crippen molar-refractivity contribution in [1.29, 1.82) is 0 Å². The molecule has 0 aromatic heterocycles. The smallest absolute Gasteiger partial charge is 0.382 e. The van der Waals surface area contributed by atoms with E-state index >= 15 is 0 Å². The third-order valence-electron chi connectivity index (χ3n) is 4.16. The van der Waals surface area contributed by atoms with Crippen LogP contribution in [0, 0.1) is 0 Å². The van der Waals surface area contributed by atoms with E-state index in [1.165, 1.54) is 0 Å². The van der Waals surface area contributed by atoms with Crippen molar-refractivity contribution in [1.82, 2.24) is 0 Å². The topological polar surface area (TPSA) is 92.3 Å². The second kappa shape index (κ2) is 26.4. The zero-order valence-corrected chi connectivity index (χ0v) is 22.3. The number of hydrogen-bond acceptors (Lipinski definition) is 10. The van der Waals surface area contributed by atoms with Gasteiger partial charge in [-0.2, -0.15) is 0 Å². The molecule has 0 spiro atoms. The van der Waals surface area contributed by atoms with E-state index in [0.717, 1.165) is 12.5 Å². The van der Waals surface area contributed by atoms with E-state index in [-0.39, 0.29) is 0 Å². The van der Waals surface area contributed by atoms with Crippen molar-refractivity contribution in [2.75, 3.05) is 113 Å². The molecule has 0 aliphatic rings. The summed E-state index contributed by atoms with van der Waals surface area (Å²) in [6.07, 6.45) is 0.836. The van der Waals surface area contributed by atoms with Crippen LogP contribution >= 0.6 is 0 Å². The average Bonchev–Trinajstić information content (AvgIpc) is 2.80. The maximum atomic E-state index is 5.83. The molecule has 0 fully saturated rings. The first-order chi connectivity index (χ1) is 16.2. The van der Waals surface area contributed by atoms with Gasteiger partial charge in [0, 0.05) is 39.6 Å². The van der Waals surface area contributed by atoms with Crippen LogP contribution in [0.5, 0.6) is 0 Å². The van der Waals surface area contributed by atoms with Crippen LogP contribution in [0.25, 0.3) is 0 Å². The van der Waals surface area contributed by atoms with Gasteiger partial charge in [0.15, 0.2) is 0 Å². The summed E-state index contributed by atoms with van der Waals surface area (Å²) in [4.78, 5) is 0. The minimum atomic E-state index is -2.56. The van der Waals surface area contributed by atoms with Gasteiger partial charge in [-0.05, 0) is 27.2 Å². The van der Waals surface area contributed by atoms with Crippen LogP contribution in [-0.4, -0.2) is 122 Å². The Hall–Kier alpha value is -0.183. The van der Waals surface area contributed by atoms with Gasteiger partial charge >= 0.3 is 8.80 Å². The highest BCUT2D eigenvalue weighted by Crippen LogP contribution is 2.18. The maximum absolute atomic E-state index is 5.83. The van der Waals surface area contributed by atoms with Crippen LogP contribution < -0.4 is 0 Å². The molecule has 0 amide bonds. The molecule has 10 nitrogen and oxygen atoms in total. The lowest BCUT2D eigenvalue weighted by molar-refractivity contribution is -0.0192.